The summed E-state index contributed by atoms with van der Waals surface area (Å²) in [4.78, 5) is 20.2. The second-order valence-electron chi connectivity index (χ2n) is 3.72. The minimum Gasteiger partial charge on any atom is -0.403 e. The van der Waals surface area contributed by atoms with E-state index in [9.17, 15) is 4.79 Å². The smallest absolute Gasteiger partial charge is 0.347 e. The molecular formula is C13H7BrN2O2. The summed E-state index contributed by atoms with van der Waals surface area (Å²) in [7, 11) is 0. The van der Waals surface area contributed by atoms with Gasteiger partial charge in [0, 0.05) is 16.9 Å². The molecule has 5 heteroatoms. The van der Waals surface area contributed by atoms with E-state index in [0.29, 0.717) is 16.5 Å². The summed E-state index contributed by atoms with van der Waals surface area (Å²) in [5.41, 5.74) is 0.881. The molecule has 2 heterocycles. The highest BCUT2D eigenvalue weighted by molar-refractivity contribution is 9.10. The van der Waals surface area contributed by atoms with Gasteiger partial charge < -0.3 is 4.42 Å². The summed E-state index contributed by atoms with van der Waals surface area (Å²) in [6.07, 6.45) is 3.26. The number of hydrogen-bond acceptors (Lipinski definition) is 4. The van der Waals surface area contributed by atoms with Gasteiger partial charge in [0.15, 0.2) is 0 Å². The lowest BCUT2D eigenvalue weighted by Crippen LogP contribution is -2.02. The molecule has 0 radical (unpaired) electrons. The van der Waals surface area contributed by atoms with Crippen LogP contribution in [0.15, 0.2) is 56.4 Å². The lowest BCUT2D eigenvalue weighted by Gasteiger charge is -2.01. The van der Waals surface area contributed by atoms with Gasteiger partial charge in [-0.25, -0.2) is 9.78 Å². The van der Waals surface area contributed by atoms with Crippen molar-refractivity contribution in [2.45, 2.75) is 0 Å². The first-order chi connectivity index (χ1) is 8.74. The van der Waals surface area contributed by atoms with Crippen molar-refractivity contribution in [3.05, 3.63) is 57.6 Å². The predicted octanol–water partition coefficient (Wildman–Crippen LogP) is 3.01. The number of hydrogen-bond donors (Lipinski definition) is 0. The average molecular weight is 303 g/mol. The van der Waals surface area contributed by atoms with E-state index in [2.05, 4.69) is 25.9 Å². The fraction of sp³-hybridized carbons (Fsp3) is 0. The van der Waals surface area contributed by atoms with Crippen molar-refractivity contribution in [3.8, 4) is 11.5 Å². The number of fused-ring (bicyclic) bond motifs is 1. The summed E-state index contributed by atoms with van der Waals surface area (Å²) >= 11 is 3.32. The highest BCUT2D eigenvalue weighted by atomic mass is 79.9. The zero-order valence-corrected chi connectivity index (χ0v) is 10.7. The third-order valence-corrected chi connectivity index (χ3v) is 2.92. The third kappa shape index (κ3) is 1.93. The summed E-state index contributed by atoms with van der Waals surface area (Å²) in [5, 5.41) is 0.476. The van der Waals surface area contributed by atoms with E-state index in [4.69, 9.17) is 4.42 Å². The SMILES string of the molecule is O=c1oc(-c2cncc(Br)c2)nc2ccccc12. The van der Waals surface area contributed by atoms with Gasteiger partial charge in [-0.15, -0.1) is 0 Å². The fourth-order valence-electron chi connectivity index (χ4n) is 1.67. The standard InChI is InChI=1S/C13H7BrN2O2/c14-9-5-8(6-15-7-9)12-16-11-4-2-1-3-10(11)13(17)18-12/h1-7H. The molecule has 0 atom stereocenters. The van der Waals surface area contributed by atoms with Crippen molar-refractivity contribution < 1.29 is 4.42 Å². The Morgan fingerprint density at radius 3 is 2.83 bits per heavy atom. The molecule has 1 aromatic carbocycles. The van der Waals surface area contributed by atoms with Crippen LogP contribution in [0.3, 0.4) is 0 Å². The molecule has 0 fully saturated rings. The van der Waals surface area contributed by atoms with Gasteiger partial charge >= 0.3 is 5.63 Å². The molecule has 2 aromatic heterocycles. The van der Waals surface area contributed by atoms with Crippen LogP contribution < -0.4 is 5.63 Å². The molecule has 0 aliphatic rings. The first-order valence-electron chi connectivity index (χ1n) is 5.25. The molecule has 0 saturated heterocycles. The monoisotopic (exact) mass is 302 g/mol. The summed E-state index contributed by atoms with van der Waals surface area (Å²) in [6.45, 7) is 0. The van der Waals surface area contributed by atoms with Gasteiger partial charge in [0.25, 0.3) is 0 Å². The Bertz CT molecular complexity index is 783. The van der Waals surface area contributed by atoms with Crippen LogP contribution in [-0.4, -0.2) is 9.97 Å². The van der Waals surface area contributed by atoms with Crippen molar-refractivity contribution in [2.75, 3.05) is 0 Å². The lowest BCUT2D eigenvalue weighted by molar-refractivity contribution is 0.518. The maximum atomic E-state index is 11.8. The van der Waals surface area contributed by atoms with Crippen molar-refractivity contribution in [1.82, 2.24) is 9.97 Å². The molecule has 0 spiro atoms. The van der Waals surface area contributed by atoms with Crippen molar-refractivity contribution in [1.29, 1.82) is 0 Å². The van der Waals surface area contributed by atoms with Crippen LogP contribution >= 0.6 is 15.9 Å². The molecule has 88 valence electrons. The highest BCUT2D eigenvalue weighted by Crippen LogP contribution is 2.20. The quantitative estimate of drug-likeness (QED) is 0.693. The number of rotatable bonds is 1. The molecule has 18 heavy (non-hydrogen) atoms. The van der Waals surface area contributed by atoms with Crippen molar-refractivity contribution in [2.24, 2.45) is 0 Å². The average Bonchev–Trinajstić information content (AvgIpc) is 2.39. The van der Waals surface area contributed by atoms with Gasteiger partial charge in [-0.2, -0.15) is 0 Å². The molecule has 0 N–H and O–H groups in total. The van der Waals surface area contributed by atoms with E-state index in [1.54, 1.807) is 36.7 Å². The van der Waals surface area contributed by atoms with Gasteiger partial charge in [0.2, 0.25) is 5.89 Å². The Morgan fingerprint density at radius 2 is 2.00 bits per heavy atom. The Morgan fingerprint density at radius 1 is 1.17 bits per heavy atom. The number of para-hydroxylation sites is 1. The van der Waals surface area contributed by atoms with Crippen LogP contribution in [0.1, 0.15) is 0 Å². The largest absolute Gasteiger partial charge is 0.403 e. The van der Waals surface area contributed by atoms with Gasteiger partial charge in [0.05, 0.1) is 16.5 Å². The van der Waals surface area contributed by atoms with E-state index >= 15 is 0 Å². The molecule has 4 nitrogen and oxygen atoms in total. The Hall–Kier alpha value is -2.01. The molecule has 0 unspecified atom stereocenters. The van der Waals surface area contributed by atoms with Crippen molar-refractivity contribution in [3.63, 3.8) is 0 Å². The second kappa shape index (κ2) is 4.34. The van der Waals surface area contributed by atoms with Crippen LogP contribution in [0.4, 0.5) is 0 Å². The number of nitrogens with zero attached hydrogens (tertiary/aromatic N) is 2. The number of halogens is 1. The van der Waals surface area contributed by atoms with Crippen LogP contribution in [0.5, 0.6) is 0 Å². The molecule has 0 aliphatic carbocycles. The molecular weight excluding hydrogens is 296 g/mol. The van der Waals surface area contributed by atoms with E-state index in [0.717, 1.165) is 4.47 Å². The highest BCUT2D eigenvalue weighted by Gasteiger charge is 2.08. The Balaban J connectivity index is 2.28. The Kier molecular flexibility index (Phi) is 2.68. The first-order valence-corrected chi connectivity index (χ1v) is 6.04. The summed E-state index contributed by atoms with van der Waals surface area (Å²) in [5.74, 6) is 0.271. The van der Waals surface area contributed by atoms with Gasteiger partial charge in [-0.1, -0.05) is 12.1 Å². The number of aromatic nitrogens is 2. The van der Waals surface area contributed by atoms with Gasteiger partial charge in [-0.05, 0) is 34.1 Å². The van der Waals surface area contributed by atoms with Crippen LogP contribution in [0.2, 0.25) is 0 Å². The first kappa shape index (κ1) is 11.1. The van der Waals surface area contributed by atoms with Crippen molar-refractivity contribution >= 4 is 26.8 Å². The van der Waals surface area contributed by atoms with E-state index in [1.807, 2.05) is 6.07 Å². The summed E-state index contributed by atoms with van der Waals surface area (Å²) < 4.78 is 6.01. The minimum absolute atomic E-state index is 0.271. The van der Waals surface area contributed by atoms with Crippen LogP contribution in [0, 0.1) is 0 Å². The topological polar surface area (TPSA) is 56.0 Å². The van der Waals surface area contributed by atoms with E-state index < -0.39 is 5.63 Å². The molecule has 3 aromatic rings. The third-order valence-electron chi connectivity index (χ3n) is 2.49. The fourth-order valence-corrected chi connectivity index (χ4v) is 2.04. The normalized spacial score (nSPS) is 10.7. The zero-order chi connectivity index (χ0) is 12.5. The predicted molar refractivity (Wildman–Crippen MR) is 71.2 cm³/mol. The molecule has 3 rings (SSSR count). The van der Waals surface area contributed by atoms with Crippen LogP contribution in [0.25, 0.3) is 22.4 Å². The van der Waals surface area contributed by atoms with Gasteiger partial charge in [0.1, 0.15) is 0 Å². The molecule has 0 bridgehead atoms. The number of pyridine rings is 1. The van der Waals surface area contributed by atoms with Gasteiger partial charge in [-0.3, -0.25) is 4.98 Å². The minimum atomic E-state index is -0.393. The van der Waals surface area contributed by atoms with E-state index in [1.165, 1.54) is 0 Å². The molecule has 0 amide bonds. The van der Waals surface area contributed by atoms with Crippen LogP contribution in [-0.2, 0) is 0 Å². The molecule has 0 aliphatic heterocycles. The molecule has 0 saturated carbocycles. The second-order valence-corrected chi connectivity index (χ2v) is 4.63. The van der Waals surface area contributed by atoms with E-state index in [-0.39, 0.29) is 5.89 Å². The number of benzene rings is 1. The Labute approximate surface area is 110 Å². The zero-order valence-electron chi connectivity index (χ0n) is 9.13. The maximum Gasteiger partial charge on any atom is 0.347 e. The summed E-state index contributed by atoms with van der Waals surface area (Å²) in [6, 6.07) is 8.88. The lowest BCUT2D eigenvalue weighted by atomic mass is 10.2. The maximum absolute atomic E-state index is 11.8.